The topological polar surface area (TPSA) is 29.1 Å². The standard InChI is InChI=1S/C26H36N2O/c1-21-14-15-23(26(2,3)4)18-24(21)27-25(29)20-28(16-10-5-6-11-17-28)19-22-12-8-7-9-13-22/h7-9,12-15,18H,5-6,10-11,16-17,19-20H2,1-4H3/p+1. The molecule has 1 amide bonds. The maximum absolute atomic E-state index is 13.2. The van der Waals surface area contributed by atoms with Crippen LogP contribution in [0.25, 0.3) is 0 Å². The van der Waals surface area contributed by atoms with Crippen LogP contribution < -0.4 is 5.32 Å². The Hall–Kier alpha value is -2.13. The van der Waals surface area contributed by atoms with E-state index in [0.717, 1.165) is 35.4 Å². The summed E-state index contributed by atoms with van der Waals surface area (Å²) in [5.74, 6) is 0.136. The highest BCUT2D eigenvalue weighted by atomic mass is 16.2. The van der Waals surface area contributed by atoms with Crippen molar-refractivity contribution in [1.29, 1.82) is 0 Å². The van der Waals surface area contributed by atoms with E-state index in [9.17, 15) is 4.79 Å². The summed E-state index contributed by atoms with van der Waals surface area (Å²) in [7, 11) is 0. The molecule has 156 valence electrons. The smallest absolute Gasteiger partial charge is 0.279 e. The number of carbonyl (C=O) groups is 1. The fourth-order valence-electron chi connectivity index (χ4n) is 4.42. The second kappa shape index (κ2) is 9.13. The van der Waals surface area contributed by atoms with Crippen LogP contribution >= 0.6 is 0 Å². The first-order chi connectivity index (χ1) is 13.8. The van der Waals surface area contributed by atoms with Gasteiger partial charge in [-0.15, -0.1) is 0 Å². The van der Waals surface area contributed by atoms with Crippen molar-refractivity contribution in [2.45, 2.75) is 65.3 Å². The van der Waals surface area contributed by atoms with Gasteiger partial charge < -0.3 is 9.80 Å². The van der Waals surface area contributed by atoms with E-state index in [0.29, 0.717) is 6.54 Å². The van der Waals surface area contributed by atoms with Gasteiger partial charge in [0.25, 0.3) is 5.91 Å². The predicted molar refractivity (Wildman–Crippen MR) is 122 cm³/mol. The lowest BCUT2D eigenvalue weighted by Crippen LogP contribution is -2.52. The SMILES string of the molecule is Cc1ccc(C(C)(C)C)cc1NC(=O)C[N+]1(Cc2ccccc2)CCCCCC1. The maximum atomic E-state index is 13.2. The lowest BCUT2D eigenvalue weighted by atomic mass is 9.86. The van der Waals surface area contributed by atoms with Crippen LogP contribution in [0.3, 0.4) is 0 Å². The monoisotopic (exact) mass is 393 g/mol. The van der Waals surface area contributed by atoms with Gasteiger partial charge in [0.05, 0.1) is 13.1 Å². The first-order valence-corrected chi connectivity index (χ1v) is 11.1. The summed E-state index contributed by atoms with van der Waals surface area (Å²) in [5, 5.41) is 3.25. The zero-order chi connectivity index (χ0) is 20.9. The Labute approximate surface area is 176 Å². The van der Waals surface area contributed by atoms with Crippen molar-refractivity contribution in [2.24, 2.45) is 0 Å². The van der Waals surface area contributed by atoms with Crippen LogP contribution in [0.2, 0.25) is 0 Å². The number of likely N-dealkylation sites (tertiary alicyclic amines) is 1. The van der Waals surface area contributed by atoms with Crippen LogP contribution in [-0.4, -0.2) is 30.0 Å². The summed E-state index contributed by atoms with van der Waals surface area (Å²) in [6.45, 7) is 12.4. The quantitative estimate of drug-likeness (QED) is 0.637. The molecule has 1 saturated heterocycles. The van der Waals surface area contributed by atoms with E-state index in [4.69, 9.17) is 0 Å². The third-order valence-corrected chi connectivity index (χ3v) is 6.23. The van der Waals surface area contributed by atoms with E-state index in [1.54, 1.807) is 0 Å². The Bertz CT molecular complexity index is 812. The summed E-state index contributed by atoms with van der Waals surface area (Å²) in [6.07, 6.45) is 4.98. The number of aryl methyl sites for hydroxylation is 1. The number of anilines is 1. The molecule has 0 saturated carbocycles. The summed E-state index contributed by atoms with van der Waals surface area (Å²) in [5.41, 5.74) is 4.72. The van der Waals surface area contributed by atoms with Gasteiger partial charge in [0.15, 0.2) is 6.54 Å². The number of hydrogen-bond donors (Lipinski definition) is 1. The number of nitrogens with one attached hydrogen (secondary N) is 1. The molecular weight excluding hydrogens is 356 g/mol. The van der Waals surface area contributed by atoms with Gasteiger partial charge in [-0.05, 0) is 55.2 Å². The number of quaternary nitrogens is 1. The number of nitrogens with zero attached hydrogens (tertiary/aromatic N) is 1. The molecule has 1 aliphatic heterocycles. The summed E-state index contributed by atoms with van der Waals surface area (Å²) < 4.78 is 0.869. The minimum atomic E-state index is 0.0685. The normalized spacial score (nSPS) is 16.8. The van der Waals surface area contributed by atoms with E-state index < -0.39 is 0 Å². The highest BCUT2D eigenvalue weighted by molar-refractivity contribution is 5.92. The van der Waals surface area contributed by atoms with Gasteiger partial charge in [0, 0.05) is 11.3 Å². The Kier molecular flexibility index (Phi) is 6.79. The highest BCUT2D eigenvalue weighted by Gasteiger charge is 2.32. The molecule has 2 aromatic carbocycles. The lowest BCUT2D eigenvalue weighted by Gasteiger charge is -2.37. The fraction of sp³-hybridized carbons (Fsp3) is 0.500. The van der Waals surface area contributed by atoms with E-state index >= 15 is 0 Å². The van der Waals surface area contributed by atoms with Crippen LogP contribution in [0.5, 0.6) is 0 Å². The van der Waals surface area contributed by atoms with E-state index in [-0.39, 0.29) is 11.3 Å². The van der Waals surface area contributed by atoms with Crippen molar-refractivity contribution in [3.8, 4) is 0 Å². The molecule has 0 unspecified atom stereocenters. The van der Waals surface area contributed by atoms with E-state index in [1.165, 1.54) is 36.8 Å². The van der Waals surface area contributed by atoms with Gasteiger partial charge in [-0.2, -0.15) is 0 Å². The van der Waals surface area contributed by atoms with Crippen molar-refractivity contribution in [2.75, 3.05) is 25.0 Å². The van der Waals surface area contributed by atoms with Crippen LogP contribution in [-0.2, 0) is 16.8 Å². The van der Waals surface area contributed by atoms with Gasteiger partial charge in [-0.25, -0.2) is 0 Å². The van der Waals surface area contributed by atoms with Crippen molar-refractivity contribution >= 4 is 11.6 Å². The van der Waals surface area contributed by atoms with E-state index in [1.807, 2.05) is 0 Å². The average molecular weight is 394 g/mol. The zero-order valence-corrected chi connectivity index (χ0v) is 18.6. The number of rotatable bonds is 5. The summed E-state index contributed by atoms with van der Waals surface area (Å²) in [6, 6.07) is 17.1. The predicted octanol–water partition coefficient (Wildman–Crippen LogP) is 5.82. The zero-order valence-electron chi connectivity index (χ0n) is 18.6. The van der Waals surface area contributed by atoms with Crippen LogP contribution in [0.15, 0.2) is 48.5 Å². The molecule has 0 bridgehead atoms. The summed E-state index contributed by atoms with van der Waals surface area (Å²) >= 11 is 0. The molecule has 1 N–H and O–H groups in total. The third-order valence-electron chi connectivity index (χ3n) is 6.23. The Morgan fingerprint density at radius 2 is 1.62 bits per heavy atom. The minimum Gasteiger partial charge on any atom is -0.321 e. The Balaban J connectivity index is 1.78. The molecular formula is C26H37N2O+. The minimum absolute atomic E-state index is 0.0685. The molecule has 2 aromatic rings. The molecule has 3 heteroatoms. The lowest BCUT2D eigenvalue weighted by molar-refractivity contribution is -0.932. The third kappa shape index (κ3) is 5.93. The summed E-state index contributed by atoms with van der Waals surface area (Å²) in [4.78, 5) is 13.2. The number of amides is 1. The first-order valence-electron chi connectivity index (χ1n) is 11.1. The molecule has 0 radical (unpaired) electrons. The van der Waals surface area contributed by atoms with Crippen molar-refractivity contribution in [3.05, 3.63) is 65.2 Å². The van der Waals surface area contributed by atoms with Crippen LogP contribution in [0, 0.1) is 6.92 Å². The fourth-order valence-corrected chi connectivity index (χ4v) is 4.42. The second-order valence-corrected chi connectivity index (χ2v) is 9.83. The van der Waals surface area contributed by atoms with Gasteiger partial charge >= 0.3 is 0 Å². The second-order valence-electron chi connectivity index (χ2n) is 9.83. The Morgan fingerprint density at radius 3 is 2.24 bits per heavy atom. The average Bonchev–Trinajstić information content (AvgIpc) is 2.89. The maximum Gasteiger partial charge on any atom is 0.279 e. The number of carbonyl (C=O) groups excluding carboxylic acids is 1. The first kappa shape index (κ1) is 21.6. The van der Waals surface area contributed by atoms with Crippen LogP contribution in [0.4, 0.5) is 5.69 Å². The molecule has 0 atom stereocenters. The largest absolute Gasteiger partial charge is 0.321 e. The molecule has 3 rings (SSSR count). The van der Waals surface area contributed by atoms with Gasteiger partial charge in [-0.3, -0.25) is 4.79 Å². The van der Waals surface area contributed by atoms with Crippen molar-refractivity contribution in [3.63, 3.8) is 0 Å². The Morgan fingerprint density at radius 1 is 0.966 bits per heavy atom. The molecule has 1 heterocycles. The highest BCUT2D eigenvalue weighted by Crippen LogP contribution is 2.28. The van der Waals surface area contributed by atoms with Crippen molar-refractivity contribution < 1.29 is 9.28 Å². The molecule has 29 heavy (non-hydrogen) atoms. The molecule has 0 aromatic heterocycles. The van der Waals surface area contributed by atoms with Gasteiger partial charge in [0.1, 0.15) is 6.54 Å². The molecule has 3 nitrogen and oxygen atoms in total. The van der Waals surface area contributed by atoms with Gasteiger partial charge in [0.2, 0.25) is 0 Å². The molecule has 0 aliphatic carbocycles. The molecule has 0 spiro atoms. The molecule has 1 fully saturated rings. The van der Waals surface area contributed by atoms with Crippen LogP contribution in [0.1, 0.15) is 63.1 Å². The van der Waals surface area contributed by atoms with E-state index in [2.05, 4.69) is 81.5 Å². The number of hydrogen-bond acceptors (Lipinski definition) is 1. The molecule has 1 aliphatic rings. The van der Waals surface area contributed by atoms with Gasteiger partial charge in [-0.1, -0.05) is 63.2 Å². The number of benzene rings is 2. The van der Waals surface area contributed by atoms with Crippen molar-refractivity contribution in [1.82, 2.24) is 0 Å².